The fourth-order valence-corrected chi connectivity index (χ4v) is 1.29. The highest BCUT2D eigenvalue weighted by Gasteiger charge is 2.17. The molecule has 0 aromatic heterocycles. The molecule has 0 bridgehead atoms. The van der Waals surface area contributed by atoms with Crippen LogP contribution < -0.4 is 0 Å². The van der Waals surface area contributed by atoms with Crippen molar-refractivity contribution in [1.82, 2.24) is 0 Å². The molecule has 1 aromatic rings. The Morgan fingerprint density at radius 1 is 1.20 bits per heavy atom. The Bertz CT molecular complexity index is 332. The van der Waals surface area contributed by atoms with Crippen molar-refractivity contribution in [2.45, 2.75) is 12.5 Å². The summed E-state index contributed by atoms with van der Waals surface area (Å²) in [6, 6.07) is 8.17. The molecule has 4 heteroatoms. The van der Waals surface area contributed by atoms with E-state index in [9.17, 15) is 13.9 Å². The highest BCUT2D eigenvalue weighted by molar-refractivity contribution is 5.26. The van der Waals surface area contributed by atoms with Gasteiger partial charge >= 0.3 is 0 Å². The molecule has 0 aliphatic carbocycles. The Morgan fingerprint density at radius 2 is 1.80 bits per heavy atom. The summed E-state index contributed by atoms with van der Waals surface area (Å²) in [5.74, 6) is 0. The lowest BCUT2D eigenvalue weighted by molar-refractivity contribution is 0.189. The lowest BCUT2D eigenvalue weighted by Crippen LogP contribution is -2.04. The second-order valence-corrected chi connectivity index (χ2v) is 3.07. The quantitative estimate of drug-likeness (QED) is 0.807. The van der Waals surface area contributed by atoms with Crippen LogP contribution in [0.15, 0.2) is 42.0 Å². The first-order chi connectivity index (χ1) is 7.16. The standard InChI is InChI=1S/C11H12F2O2/c12-11(13)9(6-7-14)10(15)8-4-2-1-3-5-8/h1-5,10,14-15H,6-7H2. The van der Waals surface area contributed by atoms with Gasteiger partial charge in [0.15, 0.2) is 0 Å². The maximum absolute atomic E-state index is 12.4. The van der Waals surface area contributed by atoms with Gasteiger partial charge in [0, 0.05) is 12.2 Å². The number of aliphatic hydroxyl groups is 2. The van der Waals surface area contributed by atoms with Gasteiger partial charge in [-0.2, -0.15) is 8.78 Å². The maximum atomic E-state index is 12.4. The molecule has 1 aromatic carbocycles. The van der Waals surface area contributed by atoms with Crippen molar-refractivity contribution < 1.29 is 19.0 Å². The summed E-state index contributed by atoms with van der Waals surface area (Å²) >= 11 is 0. The van der Waals surface area contributed by atoms with Gasteiger partial charge in [0.2, 0.25) is 0 Å². The molecular weight excluding hydrogens is 202 g/mol. The van der Waals surface area contributed by atoms with E-state index in [-0.39, 0.29) is 6.42 Å². The van der Waals surface area contributed by atoms with Crippen LogP contribution in [-0.4, -0.2) is 16.8 Å². The van der Waals surface area contributed by atoms with Crippen LogP contribution in [0.4, 0.5) is 8.78 Å². The van der Waals surface area contributed by atoms with E-state index in [0.29, 0.717) is 5.56 Å². The van der Waals surface area contributed by atoms with Crippen LogP contribution in [0.1, 0.15) is 18.1 Å². The minimum atomic E-state index is -1.93. The molecule has 0 spiro atoms. The molecule has 2 N–H and O–H groups in total. The molecule has 1 atom stereocenters. The zero-order chi connectivity index (χ0) is 11.3. The van der Waals surface area contributed by atoms with Gasteiger partial charge < -0.3 is 10.2 Å². The topological polar surface area (TPSA) is 40.5 Å². The van der Waals surface area contributed by atoms with Crippen LogP contribution >= 0.6 is 0 Å². The van der Waals surface area contributed by atoms with Crippen molar-refractivity contribution in [2.75, 3.05) is 6.61 Å². The van der Waals surface area contributed by atoms with Crippen molar-refractivity contribution in [3.63, 3.8) is 0 Å². The monoisotopic (exact) mass is 214 g/mol. The van der Waals surface area contributed by atoms with Crippen LogP contribution in [0.5, 0.6) is 0 Å². The van der Waals surface area contributed by atoms with Crippen molar-refractivity contribution in [3.05, 3.63) is 47.5 Å². The third-order valence-corrected chi connectivity index (χ3v) is 2.07. The van der Waals surface area contributed by atoms with Gasteiger partial charge in [-0.1, -0.05) is 30.3 Å². The van der Waals surface area contributed by atoms with Gasteiger partial charge in [-0.05, 0) is 12.0 Å². The largest absolute Gasteiger partial charge is 0.396 e. The average Bonchev–Trinajstić information content (AvgIpc) is 2.26. The third-order valence-electron chi connectivity index (χ3n) is 2.07. The Balaban J connectivity index is 2.92. The highest BCUT2D eigenvalue weighted by atomic mass is 19.3. The van der Waals surface area contributed by atoms with E-state index in [1.54, 1.807) is 30.3 Å². The molecule has 0 saturated heterocycles. The molecule has 0 fully saturated rings. The van der Waals surface area contributed by atoms with E-state index in [1.165, 1.54) is 0 Å². The summed E-state index contributed by atoms with van der Waals surface area (Å²) in [5, 5.41) is 18.2. The smallest absolute Gasteiger partial charge is 0.272 e. The Kier molecular flexibility index (Phi) is 4.39. The number of rotatable bonds is 4. The highest BCUT2D eigenvalue weighted by Crippen LogP contribution is 2.27. The van der Waals surface area contributed by atoms with Crippen LogP contribution in [0, 0.1) is 0 Å². The maximum Gasteiger partial charge on any atom is 0.272 e. The third kappa shape index (κ3) is 3.11. The van der Waals surface area contributed by atoms with Crippen molar-refractivity contribution in [2.24, 2.45) is 0 Å². The summed E-state index contributed by atoms with van der Waals surface area (Å²) in [7, 11) is 0. The molecule has 0 amide bonds. The lowest BCUT2D eigenvalue weighted by atomic mass is 10.0. The molecule has 0 aliphatic rings. The number of hydrogen-bond donors (Lipinski definition) is 2. The average molecular weight is 214 g/mol. The van der Waals surface area contributed by atoms with E-state index in [4.69, 9.17) is 5.11 Å². The molecule has 0 radical (unpaired) electrons. The normalized spacial score (nSPS) is 12.3. The van der Waals surface area contributed by atoms with E-state index in [0.717, 1.165) is 0 Å². The van der Waals surface area contributed by atoms with Crippen LogP contribution in [0.25, 0.3) is 0 Å². The molecule has 82 valence electrons. The van der Waals surface area contributed by atoms with Gasteiger partial charge in [-0.3, -0.25) is 0 Å². The number of halogens is 2. The number of benzene rings is 1. The van der Waals surface area contributed by atoms with Gasteiger partial charge in [0.1, 0.15) is 6.10 Å². The zero-order valence-corrected chi connectivity index (χ0v) is 8.03. The summed E-state index contributed by atoms with van der Waals surface area (Å²) in [6.45, 7) is -0.406. The van der Waals surface area contributed by atoms with Crippen molar-refractivity contribution in [1.29, 1.82) is 0 Å². The second kappa shape index (κ2) is 5.58. The molecule has 15 heavy (non-hydrogen) atoms. The van der Waals surface area contributed by atoms with Gasteiger partial charge in [0.05, 0.1) is 0 Å². The zero-order valence-electron chi connectivity index (χ0n) is 8.03. The molecule has 1 unspecified atom stereocenters. The lowest BCUT2D eigenvalue weighted by Gasteiger charge is -2.13. The molecule has 2 nitrogen and oxygen atoms in total. The fourth-order valence-electron chi connectivity index (χ4n) is 1.29. The minimum absolute atomic E-state index is 0.224. The first kappa shape index (κ1) is 11.8. The first-order valence-corrected chi connectivity index (χ1v) is 4.54. The van der Waals surface area contributed by atoms with Gasteiger partial charge in [-0.25, -0.2) is 0 Å². The Labute approximate surface area is 86.5 Å². The van der Waals surface area contributed by atoms with Crippen LogP contribution in [0.3, 0.4) is 0 Å². The van der Waals surface area contributed by atoms with Crippen LogP contribution in [-0.2, 0) is 0 Å². The Morgan fingerprint density at radius 3 is 2.27 bits per heavy atom. The van der Waals surface area contributed by atoms with E-state index in [2.05, 4.69) is 0 Å². The summed E-state index contributed by atoms with van der Waals surface area (Å²) in [4.78, 5) is 0. The minimum Gasteiger partial charge on any atom is -0.396 e. The molecular formula is C11H12F2O2. The van der Waals surface area contributed by atoms with E-state index >= 15 is 0 Å². The fraction of sp³-hybridized carbons (Fsp3) is 0.273. The predicted octanol–water partition coefficient (Wildman–Crippen LogP) is 2.25. The molecule has 0 saturated carbocycles. The van der Waals surface area contributed by atoms with E-state index in [1.807, 2.05) is 0 Å². The second-order valence-electron chi connectivity index (χ2n) is 3.07. The summed E-state index contributed by atoms with van der Waals surface area (Å²) < 4.78 is 24.9. The summed E-state index contributed by atoms with van der Waals surface area (Å²) in [5.41, 5.74) is -0.0301. The van der Waals surface area contributed by atoms with Crippen molar-refractivity contribution >= 4 is 0 Å². The predicted molar refractivity (Wildman–Crippen MR) is 52.3 cm³/mol. The molecule has 0 heterocycles. The number of aliphatic hydroxyl groups excluding tert-OH is 2. The van der Waals surface area contributed by atoms with E-state index < -0.39 is 24.4 Å². The van der Waals surface area contributed by atoms with Gasteiger partial charge in [0.25, 0.3) is 6.08 Å². The molecule has 0 aliphatic heterocycles. The van der Waals surface area contributed by atoms with Gasteiger partial charge in [-0.15, -0.1) is 0 Å². The molecule has 1 rings (SSSR count). The Hall–Kier alpha value is -1.26. The SMILES string of the molecule is OCCC(=C(F)F)C(O)c1ccccc1. The summed E-state index contributed by atoms with van der Waals surface area (Å²) in [6.07, 6.45) is -3.50. The number of hydrogen-bond acceptors (Lipinski definition) is 2. The van der Waals surface area contributed by atoms with Crippen LogP contribution in [0.2, 0.25) is 0 Å². The van der Waals surface area contributed by atoms with Crippen molar-refractivity contribution in [3.8, 4) is 0 Å². The first-order valence-electron chi connectivity index (χ1n) is 4.54.